The number of carbonyl (C=O) groups is 6. The standard InChI is InChI=1S/C47H49NO14/c1-24-30(59-43(55)33(51)32(27-16-10-7-11-17-27)48-41(53)28-18-12-8-13-19-28)22-47(56)40(61-42(54)29-20-14-9-15-21-29)36-45(6,37(52)34(58-25(2)49)31(24)44(47,4)5)38-35(60-38)39-46(36,23-57-39)62-26(3)50/h7-21,30,32-36,38-40,51,56H,22-23H2,1-6H3,(H,48,53)/t30-,32-,33+,34+,35-,36-,38+,39+,40-,45+,46+,47+/m0/s1. The molecule has 5 aliphatic rings. The summed E-state index contributed by atoms with van der Waals surface area (Å²) in [6.07, 6.45) is -9.94. The van der Waals surface area contributed by atoms with Crippen LogP contribution < -0.4 is 5.32 Å². The summed E-state index contributed by atoms with van der Waals surface area (Å²) < 4.78 is 36.8. The molecule has 3 aromatic rings. The first-order valence-electron chi connectivity index (χ1n) is 20.5. The number of aliphatic hydroxyl groups is 2. The molecular weight excluding hydrogens is 803 g/mol. The summed E-state index contributed by atoms with van der Waals surface area (Å²) in [6, 6.07) is 23.2. The van der Waals surface area contributed by atoms with Crippen molar-refractivity contribution in [3.8, 4) is 0 Å². The van der Waals surface area contributed by atoms with Crippen molar-refractivity contribution in [3.05, 3.63) is 119 Å². The Hall–Kier alpha value is -5.74. The predicted molar refractivity (Wildman–Crippen MR) is 216 cm³/mol. The van der Waals surface area contributed by atoms with Gasteiger partial charge < -0.3 is 44.0 Å². The van der Waals surface area contributed by atoms with Crippen molar-refractivity contribution in [2.45, 2.75) is 108 Å². The van der Waals surface area contributed by atoms with Gasteiger partial charge in [0.2, 0.25) is 0 Å². The Balaban J connectivity index is 1.27. The van der Waals surface area contributed by atoms with E-state index in [0.717, 1.165) is 6.92 Å². The van der Waals surface area contributed by atoms with Gasteiger partial charge in [-0.15, -0.1) is 0 Å². The van der Waals surface area contributed by atoms with Crippen molar-refractivity contribution in [1.82, 2.24) is 5.32 Å². The molecule has 4 fully saturated rings. The molecular formula is C47H49NO14. The molecule has 3 aliphatic carbocycles. The van der Waals surface area contributed by atoms with Crippen molar-refractivity contribution >= 4 is 35.6 Å². The van der Waals surface area contributed by atoms with E-state index in [2.05, 4.69) is 5.32 Å². The van der Waals surface area contributed by atoms with E-state index >= 15 is 4.79 Å². The first-order valence-corrected chi connectivity index (χ1v) is 20.5. The average molecular weight is 852 g/mol. The zero-order valence-corrected chi connectivity index (χ0v) is 35.1. The highest BCUT2D eigenvalue weighted by molar-refractivity contribution is 5.96. The number of amides is 1. The lowest BCUT2D eigenvalue weighted by Crippen LogP contribution is -2.81. The molecule has 2 saturated heterocycles. The van der Waals surface area contributed by atoms with Gasteiger partial charge >= 0.3 is 23.9 Å². The van der Waals surface area contributed by atoms with Gasteiger partial charge in [0.15, 0.2) is 23.6 Å². The minimum Gasteiger partial charge on any atom is -0.456 e. The molecule has 2 saturated carbocycles. The van der Waals surface area contributed by atoms with Crippen LogP contribution in [0.1, 0.15) is 80.3 Å². The van der Waals surface area contributed by atoms with E-state index in [9.17, 15) is 34.2 Å². The lowest BCUT2D eigenvalue weighted by Gasteiger charge is -2.65. The molecule has 0 radical (unpaired) electrons. The number of nitrogens with one attached hydrogen (secondary N) is 1. The Morgan fingerprint density at radius 2 is 1.40 bits per heavy atom. The maximum absolute atomic E-state index is 15.6. The second-order valence-electron chi connectivity index (χ2n) is 17.6. The molecule has 2 aliphatic heterocycles. The number of hydrogen-bond donors (Lipinski definition) is 3. The van der Waals surface area contributed by atoms with E-state index in [4.69, 9.17) is 28.4 Å². The quantitative estimate of drug-likeness (QED) is 0.115. The van der Waals surface area contributed by atoms with Gasteiger partial charge in [-0.3, -0.25) is 19.2 Å². The SMILES string of the molecule is CC(=O)O[C@H]1C(=O)[C@]2(C)[C@@H]3O[C@@H]3[C@H]3OC[C@@]3(OC(C)=O)[C@H]2[C@H](OC(=O)c2ccccc2)[C@]2(O)C[C@H](OC(=O)[C@H](O)[C@@H](NC(=O)c3ccccc3)c3ccccc3)C(C)=C1C2(C)C. The van der Waals surface area contributed by atoms with Crippen molar-refractivity contribution in [3.63, 3.8) is 0 Å². The van der Waals surface area contributed by atoms with Crippen LogP contribution in [0.15, 0.2) is 102 Å². The Bertz CT molecular complexity index is 2330. The van der Waals surface area contributed by atoms with Crippen molar-refractivity contribution in [2.75, 3.05) is 6.61 Å². The first kappa shape index (κ1) is 42.9. The van der Waals surface area contributed by atoms with Crippen molar-refractivity contribution in [1.29, 1.82) is 0 Å². The number of fused-ring (bicyclic) bond motifs is 8. The summed E-state index contributed by atoms with van der Waals surface area (Å²) in [6.45, 7) is 8.40. The lowest BCUT2D eigenvalue weighted by molar-refractivity contribution is -0.325. The molecule has 62 heavy (non-hydrogen) atoms. The highest BCUT2D eigenvalue weighted by atomic mass is 16.7. The monoisotopic (exact) mass is 851 g/mol. The normalized spacial score (nSPS) is 33.5. The van der Waals surface area contributed by atoms with Crippen LogP contribution in [0, 0.1) is 16.7 Å². The molecule has 0 spiro atoms. The average Bonchev–Trinajstić information content (AvgIpc) is 4.03. The molecule has 15 nitrogen and oxygen atoms in total. The first-order chi connectivity index (χ1) is 29.4. The lowest BCUT2D eigenvalue weighted by atomic mass is 9.45. The van der Waals surface area contributed by atoms with Gasteiger partial charge in [-0.1, -0.05) is 80.6 Å². The van der Waals surface area contributed by atoms with Crippen molar-refractivity contribution < 1.29 is 67.4 Å². The molecule has 0 unspecified atom stereocenters. The smallest absolute Gasteiger partial charge is 0.338 e. The molecule has 3 aromatic carbocycles. The van der Waals surface area contributed by atoms with E-state index in [1.807, 2.05) is 0 Å². The Morgan fingerprint density at radius 3 is 1.97 bits per heavy atom. The molecule has 2 bridgehead atoms. The van der Waals surface area contributed by atoms with Gasteiger partial charge in [-0.2, -0.15) is 0 Å². The maximum atomic E-state index is 15.6. The highest BCUT2D eigenvalue weighted by Gasteiger charge is 2.84. The molecule has 326 valence electrons. The van der Waals surface area contributed by atoms with Crippen LogP contribution in [0.4, 0.5) is 0 Å². The van der Waals surface area contributed by atoms with Crippen LogP contribution in [-0.2, 0) is 47.6 Å². The van der Waals surface area contributed by atoms with E-state index in [1.165, 1.54) is 19.1 Å². The molecule has 8 rings (SSSR count). The summed E-state index contributed by atoms with van der Waals surface area (Å²) in [7, 11) is 0. The number of hydrogen-bond acceptors (Lipinski definition) is 14. The summed E-state index contributed by atoms with van der Waals surface area (Å²) in [4.78, 5) is 83.7. The number of aliphatic hydroxyl groups excluding tert-OH is 1. The summed E-state index contributed by atoms with van der Waals surface area (Å²) in [5, 5.41) is 28.3. The van der Waals surface area contributed by atoms with Gasteiger partial charge in [0, 0.05) is 31.2 Å². The number of rotatable bonds is 10. The van der Waals surface area contributed by atoms with Crippen LogP contribution in [0.2, 0.25) is 0 Å². The van der Waals surface area contributed by atoms with Gasteiger partial charge in [-0.25, -0.2) is 9.59 Å². The molecule has 15 heteroatoms. The predicted octanol–water partition coefficient (Wildman–Crippen LogP) is 3.75. The minimum absolute atomic E-state index is 0.0712. The van der Waals surface area contributed by atoms with Gasteiger partial charge in [0.1, 0.15) is 30.0 Å². The molecule has 2 heterocycles. The number of esters is 4. The fraction of sp³-hybridized carbons (Fsp3) is 0.447. The van der Waals surface area contributed by atoms with Crippen LogP contribution in [0.25, 0.3) is 0 Å². The zero-order valence-electron chi connectivity index (χ0n) is 35.1. The van der Waals surface area contributed by atoms with E-state index in [-0.39, 0.29) is 28.9 Å². The Labute approximate surface area is 357 Å². The fourth-order valence-electron chi connectivity index (χ4n) is 10.6. The second-order valence-corrected chi connectivity index (χ2v) is 17.6. The third-order valence-electron chi connectivity index (χ3n) is 13.7. The second kappa shape index (κ2) is 15.6. The van der Waals surface area contributed by atoms with Crippen LogP contribution >= 0.6 is 0 Å². The molecule has 3 N–H and O–H groups in total. The number of ether oxygens (including phenoxy) is 6. The maximum Gasteiger partial charge on any atom is 0.338 e. The van der Waals surface area contributed by atoms with E-state index in [1.54, 1.807) is 107 Å². The summed E-state index contributed by atoms with van der Waals surface area (Å²) in [5.41, 5.74) is -6.33. The number of Topliss-reactive ketones (excluding diaryl/α,β-unsaturated/α-hetero) is 1. The number of benzene rings is 3. The highest BCUT2D eigenvalue weighted by Crippen LogP contribution is 2.68. The third kappa shape index (κ3) is 6.73. The van der Waals surface area contributed by atoms with Crippen LogP contribution in [-0.4, -0.2) is 106 Å². The van der Waals surface area contributed by atoms with Gasteiger partial charge in [0.05, 0.1) is 35.6 Å². The van der Waals surface area contributed by atoms with Gasteiger partial charge in [-0.05, 0) is 54.8 Å². The number of carbonyl (C=O) groups excluding carboxylic acids is 6. The zero-order chi connectivity index (χ0) is 44.5. The Kier molecular flexibility index (Phi) is 10.8. The van der Waals surface area contributed by atoms with Crippen LogP contribution in [0.3, 0.4) is 0 Å². The topological polar surface area (TPSA) is 214 Å². The fourth-order valence-corrected chi connectivity index (χ4v) is 10.6. The van der Waals surface area contributed by atoms with Crippen molar-refractivity contribution in [2.24, 2.45) is 16.7 Å². The summed E-state index contributed by atoms with van der Waals surface area (Å²) >= 11 is 0. The van der Waals surface area contributed by atoms with Gasteiger partial charge in [0.25, 0.3) is 5.91 Å². The molecule has 1 amide bonds. The largest absolute Gasteiger partial charge is 0.456 e. The summed E-state index contributed by atoms with van der Waals surface area (Å²) in [5.74, 6) is -6.31. The molecule has 0 aromatic heterocycles. The van der Waals surface area contributed by atoms with E-state index < -0.39 is 119 Å². The third-order valence-corrected chi connectivity index (χ3v) is 13.7. The Morgan fingerprint density at radius 1 is 0.806 bits per heavy atom. The van der Waals surface area contributed by atoms with E-state index in [0.29, 0.717) is 5.56 Å². The van der Waals surface area contributed by atoms with Crippen LogP contribution in [0.5, 0.6) is 0 Å². The minimum atomic E-state index is -2.32. The molecule has 12 atom stereocenters. The number of epoxide rings is 1. The number of ketones is 1.